The Balaban J connectivity index is 0.00000155. The molecular weight excluding hydrogens is 340 g/mol. The number of ether oxygens (including phenoxy) is 1. The minimum absolute atomic E-state index is 0. The first kappa shape index (κ1) is 21.7. The summed E-state index contributed by atoms with van der Waals surface area (Å²) in [5.74, 6) is -3.53. The van der Waals surface area contributed by atoms with Gasteiger partial charge in [0.25, 0.3) is 6.23 Å². The molecule has 8 nitrogen and oxygen atoms in total. The SMILES string of the molecule is CO.C[C@@]1(CO)[C@@H](CO)O[C@H]([n+]2ccc(N)[nH]c2=O)C1(F)F.[Cl-]. The van der Waals surface area contributed by atoms with Gasteiger partial charge >= 0.3 is 11.6 Å². The number of alkyl halides is 2. The number of nitrogen functional groups attached to an aromatic ring is 1. The quantitative estimate of drug-likeness (QED) is 0.345. The third kappa shape index (κ3) is 3.45. The number of halogens is 3. The van der Waals surface area contributed by atoms with E-state index in [0.29, 0.717) is 4.57 Å². The average molecular weight is 360 g/mol. The number of anilines is 1. The van der Waals surface area contributed by atoms with Crippen LogP contribution in [-0.2, 0) is 4.74 Å². The molecule has 134 valence electrons. The van der Waals surface area contributed by atoms with Crippen LogP contribution in [0.25, 0.3) is 0 Å². The number of aliphatic hydroxyl groups is 3. The number of hydrogen-bond donors (Lipinski definition) is 5. The van der Waals surface area contributed by atoms with Crippen molar-refractivity contribution in [3.8, 4) is 0 Å². The van der Waals surface area contributed by atoms with Crippen LogP contribution in [0.5, 0.6) is 0 Å². The van der Waals surface area contributed by atoms with Crippen molar-refractivity contribution in [3.63, 3.8) is 0 Å². The van der Waals surface area contributed by atoms with Crippen LogP contribution in [0.4, 0.5) is 14.6 Å². The fraction of sp³-hybridized carbons (Fsp3) is 0.667. The standard InChI is InChI=1S/C11H15F2N3O4.CH4O.ClH/c1-10(5-18)6(4-17)20-8(11(10,12)13)16-3-2-7(14)15-9(16)19;1-2;/h2-3,6,8,17-18H,4-5H2,1H3,(H2,14,15,19);2H,1H3;1H/t6-,8+,10-;;/m1../s1. The molecule has 1 saturated heterocycles. The molecule has 23 heavy (non-hydrogen) atoms. The number of nitrogens with zero attached hydrogens (tertiary/aromatic N) is 1. The van der Waals surface area contributed by atoms with Gasteiger partial charge in [-0.3, -0.25) is 0 Å². The molecule has 6 N–H and O–H groups in total. The summed E-state index contributed by atoms with van der Waals surface area (Å²) < 4.78 is 34.7. The maximum atomic E-state index is 14.5. The summed E-state index contributed by atoms with van der Waals surface area (Å²) in [7, 11) is 1.00. The number of nitrogens with one attached hydrogen (secondary N) is 1. The van der Waals surface area contributed by atoms with Crippen LogP contribution in [0.1, 0.15) is 13.2 Å². The summed E-state index contributed by atoms with van der Waals surface area (Å²) >= 11 is 0. The number of rotatable bonds is 3. The molecule has 1 aromatic rings. The largest absolute Gasteiger partial charge is 1.00 e. The van der Waals surface area contributed by atoms with Crippen molar-refractivity contribution in [1.82, 2.24) is 4.98 Å². The summed E-state index contributed by atoms with van der Waals surface area (Å²) in [4.78, 5) is 13.9. The highest BCUT2D eigenvalue weighted by molar-refractivity contribution is 5.21. The van der Waals surface area contributed by atoms with Gasteiger partial charge in [-0.2, -0.15) is 23.1 Å². The third-order valence-electron chi connectivity index (χ3n) is 3.72. The Morgan fingerprint density at radius 1 is 1.43 bits per heavy atom. The van der Waals surface area contributed by atoms with Gasteiger partial charge in [-0.15, -0.1) is 0 Å². The Bertz CT molecular complexity index is 574. The highest BCUT2D eigenvalue weighted by Crippen LogP contribution is 2.52. The number of aliphatic hydroxyl groups excluding tert-OH is 3. The maximum Gasteiger partial charge on any atom is 0.499 e. The number of aromatic nitrogens is 2. The van der Waals surface area contributed by atoms with Gasteiger partial charge in [0.05, 0.1) is 24.7 Å². The summed E-state index contributed by atoms with van der Waals surface area (Å²) in [5.41, 5.74) is 2.49. The molecule has 0 radical (unpaired) electrons. The van der Waals surface area contributed by atoms with Crippen molar-refractivity contribution in [2.45, 2.75) is 25.2 Å². The van der Waals surface area contributed by atoms with E-state index in [-0.39, 0.29) is 18.2 Å². The predicted molar refractivity (Wildman–Crippen MR) is 70.9 cm³/mol. The molecule has 2 heterocycles. The van der Waals surface area contributed by atoms with Gasteiger partial charge in [0.15, 0.2) is 5.82 Å². The zero-order valence-corrected chi connectivity index (χ0v) is 13.3. The first-order chi connectivity index (χ1) is 10.3. The van der Waals surface area contributed by atoms with Gasteiger partial charge < -0.3 is 38.2 Å². The lowest BCUT2D eigenvalue weighted by Crippen LogP contribution is -3.00. The minimum Gasteiger partial charge on any atom is -1.00 e. The van der Waals surface area contributed by atoms with E-state index in [9.17, 15) is 18.7 Å². The zero-order valence-electron chi connectivity index (χ0n) is 12.5. The fourth-order valence-corrected chi connectivity index (χ4v) is 2.22. The summed E-state index contributed by atoms with van der Waals surface area (Å²) in [5, 5.41) is 25.4. The molecule has 1 aromatic heterocycles. The molecule has 0 bridgehead atoms. The molecule has 1 fully saturated rings. The second-order valence-electron chi connectivity index (χ2n) is 4.97. The Kier molecular flexibility index (Phi) is 7.51. The van der Waals surface area contributed by atoms with Crippen LogP contribution in [0, 0.1) is 5.41 Å². The van der Waals surface area contributed by atoms with E-state index in [2.05, 4.69) is 4.98 Å². The Hall–Kier alpha value is -1.33. The lowest BCUT2D eigenvalue weighted by Gasteiger charge is -2.31. The molecule has 1 aliphatic rings. The molecule has 0 aliphatic carbocycles. The van der Waals surface area contributed by atoms with E-state index in [0.717, 1.165) is 20.2 Å². The topological polar surface area (TPSA) is 133 Å². The predicted octanol–water partition coefficient (Wildman–Crippen LogP) is -4.62. The van der Waals surface area contributed by atoms with Crippen molar-refractivity contribution in [1.29, 1.82) is 0 Å². The lowest BCUT2D eigenvalue weighted by molar-refractivity contribution is -0.789. The fourth-order valence-electron chi connectivity index (χ4n) is 2.22. The van der Waals surface area contributed by atoms with Crippen LogP contribution in [0.2, 0.25) is 0 Å². The van der Waals surface area contributed by atoms with Gasteiger partial charge in [0.1, 0.15) is 6.20 Å². The van der Waals surface area contributed by atoms with Crippen LogP contribution >= 0.6 is 0 Å². The van der Waals surface area contributed by atoms with Gasteiger partial charge in [0, 0.05) is 13.2 Å². The second kappa shape index (κ2) is 7.97. The van der Waals surface area contributed by atoms with Crippen molar-refractivity contribution < 1.29 is 45.8 Å². The van der Waals surface area contributed by atoms with E-state index in [1.807, 2.05) is 0 Å². The van der Waals surface area contributed by atoms with E-state index in [1.54, 1.807) is 0 Å². The summed E-state index contributed by atoms with van der Waals surface area (Å²) in [6.45, 7) is -0.494. The highest BCUT2D eigenvalue weighted by Gasteiger charge is 2.69. The monoisotopic (exact) mass is 359 g/mol. The molecular formula is C12H20ClF2N3O5. The average Bonchev–Trinajstić information content (AvgIpc) is 2.69. The Labute approximate surface area is 136 Å². The highest BCUT2D eigenvalue weighted by atomic mass is 35.5. The number of H-pyrrole nitrogens is 1. The van der Waals surface area contributed by atoms with E-state index in [1.165, 1.54) is 6.07 Å². The molecule has 0 spiro atoms. The molecule has 0 aromatic carbocycles. The molecule has 0 saturated carbocycles. The summed E-state index contributed by atoms with van der Waals surface area (Å²) in [6.07, 6.45) is -2.15. The smallest absolute Gasteiger partial charge is 0.499 e. The molecule has 1 aliphatic heterocycles. The van der Waals surface area contributed by atoms with E-state index in [4.69, 9.17) is 20.7 Å². The van der Waals surface area contributed by atoms with E-state index < -0.39 is 42.6 Å². The van der Waals surface area contributed by atoms with Gasteiger partial charge in [-0.05, 0) is 6.92 Å². The normalized spacial score (nSPS) is 28.5. The number of hydrogen-bond acceptors (Lipinski definition) is 6. The first-order valence-corrected chi connectivity index (χ1v) is 6.37. The summed E-state index contributed by atoms with van der Waals surface area (Å²) in [6, 6.07) is 1.24. The third-order valence-corrected chi connectivity index (χ3v) is 3.72. The van der Waals surface area contributed by atoms with Crippen molar-refractivity contribution in [3.05, 3.63) is 22.7 Å². The molecule has 11 heteroatoms. The Morgan fingerprint density at radius 3 is 2.39 bits per heavy atom. The Morgan fingerprint density at radius 2 is 2.00 bits per heavy atom. The molecule has 3 atom stereocenters. The van der Waals surface area contributed by atoms with Crippen LogP contribution < -0.4 is 28.4 Å². The van der Waals surface area contributed by atoms with Gasteiger partial charge in [-0.1, -0.05) is 0 Å². The van der Waals surface area contributed by atoms with Crippen molar-refractivity contribution in [2.24, 2.45) is 5.41 Å². The second-order valence-corrected chi connectivity index (χ2v) is 4.97. The molecule has 2 rings (SSSR count). The van der Waals surface area contributed by atoms with Crippen LogP contribution in [0.15, 0.2) is 17.1 Å². The first-order valence-electron chi connectivity index (χ1n) is 6.37. The zero-order chi connectivity index (χ0) is 17.1. The minimum atomic E-state index is -3.55. The van der Waals surface area contributed by atoms with Crippen molar-refractivity contribution >= 4 is 5.82 Å². The lowest BCUT2D eigenvalue weighted by atomic mass is 9.80. The van der Waals surface area contributed by atoms with Gasteiger partial charge in [0.2, 0.25) is 0 Å². The van der Waals surface area contributed by atoms with E-state index >= 15 is 0 Å². The molecule has 0 unspecified atom stereocenters. The molecule has 0 amide bonds. The van der Waals surface area contributed by atoms with Crippen molar-refractivity contribution in [2.75, 3.05) is 26.1 Å². The van der Waals surface area contributed by atoms with Gasteiger partial charge in [-0.25, -0.2) is 0 Å². The van der Waals surface area contributed by atoms with Crippen LogP contribution in [-0.4, -0.2) is 52.7 Å². The maximum absolute atomic E-state index is 14.5. The van der Waals surface area contributed by atoms with Crippen LogP contribution in [0.3, 0.4) is 0 Å². The number of aromatic amines is 1. The number of nitrogens with two attached hydrogens (primary N) is 1.